The first kappa shape index (κ1) is 27.4. The number of aliphatic carboxylic acids is 1. The second-order valence-electron chi connectivity index (χ2n) is 8.55. The number of carbonyl (C=O) groups excluding carboxylic acids is 2. The number of carboxylic acids is 1. The van der Waals surface area contributed by atoms with Crippen molar-refractivity contribution >= 4 is 17.8 Å². The second kappa shape index (κ2) is 11.5. The van der Waals surface area contributed by atoms with E-state index in [-0.39, 0.29) is 30.7 Å². The van der Waals surface area contributed by atoms with Crippen molar-refractivity contribution in [2.45, 2.75) is 51.8 Å². The number of nitrogens with zero attached hydrogens (tertiary/aromatic N) is 2. The number of hydrogen-bond donors (Lipinski definition) is 3. The van der Waals surface area contributed by atoms with E-state index in [1.54, 1.807) is 27.8 Å². The molecule has 2 rings (SSSR count). The minimum absolute atomic E-state index is 0.0353. The molecule has 12 heteroatoms. The number of amides is 2. The number of benzene rings is 1. The molecule has 1 aliphatic heterocycles. The maximum atomic E-state index is 13.2. The molecule has 1 heterocycles. The van der Waals surface area contributed by atoms with Gasteiger partial charge in [-0.2, -0.15) is 0 Å². The largest absolute Gasteiger partial charge is 0.573 e. The lowest BCUT2D eigenvalue weighted by molar-refractivity contribution is -0.274. The molecule has 3 atom stereocenters. The summed E-state index contributed by atoms with van der Waals surface area (Å²) in [5.74, 6) is -2.61. The van der Waals surface area contributed by atoms with Crippen molar-refractivity contribution < 1.29 is 37.4 Å². The maximum absolute atomic E-state index is 13.2. The molecule has 190 valence electrons. The monoisotopic (exact) mass is 488 g/mol. The van der Waals surface area contributed by atoms with Gasteiger partial charge in [-0.25, -0.2) is 4.79 Å². The van der Waals surface area contributed by atoms with Crippen LogP contribution in [0.25, 0.3) is 0 Å². The van der Waals surface area contributed by atoms with Crippen LogP contribution >= 0.6 is 0 Å². The fraction of sp³-hybridized carbons (Fsp3) is 0.591. The van der Waals surface area contributed by atoms with Gasteiger partial charge in [0.25, 0.3) is 0 Å². The zero-order valence-electron chi connectivity index (χ0n) is 19.6. The van der Waals surface area contributed by atoms with Crippen LogP contribution in [0, 0.1) is 5.92 Å². The highest BCUT2D eigenvalue weighted by Gasteiger charge is 2.39. The highest BCUT2D eigenvalue weighted by Crippen LogP contribution is 2.24. The normalized spacial score (nSPS) is 18.9. The van der Waals surface area contributed by atoms with Crippen LogP contribution < -0.4 is 15.4 Å². The van der Waals surface area contributed by atoms with Crippen LogP contribution in [-0.2, 0) is 20.9 Å². The predicted molar refractivity (Wildman–Crippen MR) is 117 cm³/mol. The van der Waals surface area contributed by atoms with Gasteiger partial charge in [-0.15, -0.1) is 13.2 Å². The van der Waals surface area contributed by atoms with Crippen molar-refractivity contribution in [3.8, 4) is 5.75 Å². The quantitative estimate of drug-likeness (QED) is 0.482. The molecule has 3 N–H and O–H groups in total. The average Bonchev–Trinajstić information content (AvgIpc) is 2.76. The Kier molecular flexibility index (Phi) is 9.28. The van der Waals surface area contributed by atoms with Crippen LogP contribution in [0.5, 0.6) is 5.75 Å². The molecule has 0 aliphatic carbocycles. The van der Waals surface area contributed by atoms with Gasteiger partial charge in [0, 0.05) is 26.2 Å². The highest BCUT2D eigenvalue weighted by molar-refractivity contribution is 5.92. The standard InChI is InChI=1S/C22H31F3N4O5/c1-13(2)18(27-19(30)14(3)26-4)20(31)29-10-9-28(12-17(29)21(32)33)11-15-5-7-16(8-6-15)34-22(23,24)25/h5-8,13-14,17-18,26H,9-12H2,1-4H3,(H,27,30)(H,32,33). The molecule has 0 spiro atoms. The van der Waals surface area contributed by atoms with Gasteiger partial charge in [-0.3, -0.25) is 14.5 Å². The fourth-order valence-electron chi connectivity index (χ4n) is 3.61. The molecule has 1 aliphatic rings. The third kappa shape index (κ3) is 7.59. The predicted octanol–water partition coefficient (Wildman–Crippen LogP) is 1.43. The van der Waals surface area contributed by atoms with Crippen LogP contribution in [0.1, 0.15) is 26.3 Å². The molecule has 1 saturated heterocycles. The number of rotatable bonds is 9. The Bertz CT molecular complexity index is 863. The summed E-state index contributed by atoms with van der Waals surface area (Å²) in [6.45, 7) is 6.01. The molecule has 9 nitrogen and oxygen atoms in total. The number of carbonyl (C=O) groups is 3. The number of carboxylic acid groups (broad SMARTS) is 1. The average molecular weight is 489 g/mol. The van der Waals surface area contributed by atoms with Gasteiger partial charge in [0.1, 0.15) is 17.8 Å². The summed E-state index contributed by atoms with van der Waals surface area (Å²) in [4.78, 5) is 40.6. The minimum atomic E-state index is -4.78. The zero-order valence-corrected chi connectivity index (χ0v) is 19.6. The van der Waals surface area contributed by atoms with Crippen LogP contribution in [0.4, 0.5) is 13.2 Å². The van der Waals surface area contributed by atoms with Crippen LogP contribution in [0.3, 0.4) is 0 Å². The lowest BCUT2D eigenvalue weighted by atomic mass is 10.00. The van der Waals surface area contributed by atoms with Crippen LogP contribution in [0.15, 0.2) is 24.3 Å². The van der Waals surface area contributed by atoms with Crippen molar-refractivity contribution in [3.05, 3.63) is 29.8 Å². The molecular weight excluding hydrogens is 457 g/mol. The van der Waals surface area contributed by atoms with Gasteiger partial charge in [0.05, 0.1) is 6.04 Å². The summed E-state index contributed by atoms with van der Waals surface area (Å²) in [5, 5.41) is 15.3. The van der Waals surface area contributed by atoms with E-state index in [2.05, 4.69) is 15.4 Å². The first-order valence-corrected chi connectivity index (χ1v) is 10.9. The number of nitrogens with one attached hydrogen (secondary N) is 2. The van der Waals surface area contributed by atoms with Gasteiger partial charge in [0.2, 0.25) is 11.8 Å². The second-order valence-corrected chi connectivity index (χ2v) is 8.55. The first-order valence-electron chi connectivity index (χ1n) is 10.9. The van der Waals surface area contributed by atoms with Gasteiger partial charge in [0.15, 0.2) is 0 Å². The number of hydrogen-bond acceptors (Lipinski definition) is 6. The molecule has 0 saturated carbocycles. The fourth-order valence-corrected chi connectivity index (χ4v) is 3.61. The van der Waals surface area contributed by atoms with E-state index < -0.39 is 36.4 Å². The summed E-state index contributed by atoms with van der Waals surface area (Å²) in [6, 6.07) is 2.81. The Labute approximate surface area is 196 Å². The molecule has 0 radical (unpaired) electrons. The molecule has 2 amide bonds. The van der Waals surface area contributed by atoms with E-state index in [9.17, 15) is 32.7 Å². The Morgan fingerprint density at radius 3 is 2.26 bits per heavy atom. The SMILES string of the molecule is CNC(C)C(=O)NC(C(=O)N1CCN(Cc2ccc(OC(F)(F)F)cc2)CC1C(=O)O)C(C)C. The highest BCUT2D eigenvalue weighted by atomic mass is 19.4. The molecular formula is C22H31F3N4O5. The first-order chi connectivity index (χ1) is 15.8. The Balaban J connectivity index is 2.08. The topological polar surface area (TPSA) is 111 Å². The Hall–Kier alpha value is -2.86. The van der Waals surface area contributed by atoms with E-state index >= 15 is 0 Å². The van der Waals surface area contributed by atoms with Crippen molar-refractivity contribution in [1.82, 2.24) is 20.4 Å². The van der Waals surface area contributed by atoms with Crippen molar-refractivity contribution in [2.24, 2.45) is 5.92 Å². The van der Waals surface area contributed by atoms with Crippen LogP contribution in [-0.4, -0.2) is 83.9 Å². The molecule has 3 unspecified atom stereocenters. The summed E-state index contributed by atoms with van der Waals surface area (Å²) in [7, 11) is 1.62. The maximum Gasteiger partial charge on any atom is 0.573 e. The molecule has 34 heavy (non-hydrogen) atoms. The van der Waals surface area contributed by atoms with Crippen molar-refractivity contribution in [2.75, 3.05) is 26.7 Å². The van der Waals surface area contributed by atoms with Crippen molar-refractivity contribution in [1.29, 1.82) is 0 Å². The number of piperazine rings is 1. The molecule has 0 bridgehead atoms. The third-order valence-electron chi connectivity index (χ3n) is 5.65. The summed E-state index contributed by atoms with van der Waals surface area (Å²) in [6.07, 6.45) is -4.78. The zero-order chi connectivity index (χ0) is 25.6. The van der Waals surface area contributed by atoms with Crippen LogP contribution in [0.2, 0.25) is 0 Å². The number of alkyl halides is 3. The number of likely N-dealkylation sites (N-methyl/N-ethyl adjacent to an activating group) is 1. The lowest BCUT2D eigenvalue weighted by Gasteiger charge is -2.41. The van der Waals surface area contributed by atoms with E-state index in [1.807, 2.05) is 4.90 Å². The Morgan fingerprint density at radius 2 is 1.76 bits per heavy atom. The van der Waals surface area contributed by atoms with Crippen molar-refractivity contribution in [3.63, 3.8) is 0 Å². The summed E-state index contributed by atoms with van der Waals surface area (Å²) in [5.41, 5.74) is 0.673. The molecule has 1 aromatic rings. The van der Waals surface area contributed by atoms with E-state index in [4.69, 9.17) is 0 Å². The molecule has 1 aromatic carbocycles. The lowest BCUT2D eigenvalue weighted by Crippen LogP contribution is -2.63. The smallest absolute Gasteiger partial charge is 0.480 e. The van der Waals surface area contributed by atoms with Gasteiger partial charge < -0.3 is 25.4 Å². The molecule has 0 aromatic heterocycles. The summed E-state index contributed by atoms with van der Waals surface area (Å²) >= 11 is 0. The van der Waals surface area contributed by atoms with Gasteiger partial charge in [-0.05, 0) is 37.6 Å². The third-order valence-corrected chi connectivity index (χ3v) is 5.65. The number of ether oxygens (including phenoxy) is 1. The van der Waals surface area contributed by atoms with E-state index in [1.165, 1.54) is 29.2 Å². The summed E-state index contributed by atoms with van der Waals surface area (Å²) < 4.78 is 40.8. The molecule has 1 fully saturated rings. The minimum Gasteiger partial charge on any atom is -0.480 e. The van der Waals surface area contributed by atoms with Gasteiger partial charge in [-0.1, -0.05) is 26.0 Å². The van der Waals surface area contributed by atoms with E-state index in [0.29, 0.717) is 18.7 Å². The van der Waals surface area contributed by atoms with E-state index in [0.717, 1.165) is 0 Å². The number of halogens is 3. The van der Waals surface area contributed by atoms with Gasteiger partial charge >= 0.3 is 12.3 Å². The Morgan fingerprint density at radius 1 is 1.15 bits per heavy atom.